The molecule has 2 aliphatic rings. The van der Waals surface area contributed by atoms with Crippen molar-refractivity contribution in [1.82, 2.24) is 10.3 Å². The molecular weight excluding hydrogens is 382 g/mol. The molecule has 2 heterocycles. The zero-order valence-corrected chi connectivity index (χ0v) is 18.6. The van der Waals surface area contributed by atoms with Crippen molar-refractivity contribution in [3.05, 3.63) is 53.0 Å². The Morgan fingerprint density at radius 2 is 2.17 bits per heavy atom. The SMILES string of the molecule is C=C/C=C(\N=C/C)[C@]1(CCNCc2cnc(Cl)c(C)c2)CCOC2(CCCC2)C1. The molecule has 1 atom stereocenters. The Hall–Kier alpha value is -1.49. The fourth-order valence-electron chi connectivity index (χ4n) is 5.00. The van der Waals surface area contributed by atoms with Gasteiger partial charge in [-0.2, -0.15) is 0 Å². The number of ether oxygens (including phenoxy) is 1. The van der Waals surface area contributed by atoms with Crippen molar-refractivity contribution in [2.24, 2.45) is 10.4 Å². The molecule has 158 valence electrons. The van der Waals surface area contributed by atoms with Crippen LogP contribution in [0.4, 0.5) is 0 Å². The summed E-state index contributed by atoms with van der Waals surface area (Å²) in [5.41, 5.74) is 3.40. The van der Waals surface area contributed by atoms with Crippen molar-refractivity contribution >= 4 is 17.8 Å². The van der Waals surface area contributed by atoms with E-state index in [-0.39, 0.29) is 11.0 Å². The molecule has 1 aromatic heterocycles. The number of nitrogens with one attached hydrogen (secondary N) is 1. The number of aryl methyl sites for hydroxylation is 1. The van der Waals surface area contributed by atoms with Crippen LogP contribution in [0.2, 0.25) is 5.15 Å². The zero-order chi connectivity index (χ0) is 20.7. The van der Waals surface area contributed by atoms with Crippen LogP contribution in [-0.2, 0) is 11.3 Å². The van der Waals surface area contributed by atoms with Gasteiger partial charge >= 0.3 is 0 Å². The molecule has 5 heteroatoms. The van der Waals surface area contributed by atoms with Gasteiger partial charge in [-0.1, -0.05) is 43.2 Å². The van der Waals surface area contributed by atoms with Crippen LogP contribution in [0.15, 0.2) is 41.7 Å². The van der Waals surface area contributed by atoms with Crippen LogP contribution in [0.1, 0.15) is 63.0 Å². The Bertz CT molecular complexity index is 767. The Morgan fingerprint density at radius 1 is 1.38 bits per heavy atom. The van der Waals surface area contributed by atoms with Gasteiger partial charge in [0.2, 0.25) is 0 Å². The second-order valence-electron chi connectivity index (χ2n) is 8.50. The fourth-order valence-corrected chi connectivity index (χ4v) is 5.10. The summed E-state index contributed by atoms with van der Waals surface area (Å²) in [5.74, 6) is 0. The normalized spacial score (nSPS) is 24.4. The summed E-state index contributed by atoms with van der Waals surface area (Å²) in [5, 5.41) is 4.19. The van der Waals surface area contributed by atoms with E-state index < -0.39 is 0 Å². The predicted octanol–water partition coefficient (Wildman–Crippen LogP) is 5.79. The van der Waals surface area contributed by atoms with Crippen LogP contribution in [0.25, 0.3) is 0 Å². The summed E-state index contributed by atoms with van der Waals surface area (Å²) in [7, 11) is 0. The molecule has 3 rings (SSSR count). The molecule has 0 aromatic carbocycles. The van der Waals surface area contributed by atoms with Gasteiger partial charge in [0, 0.05) is 36.7 Å². The first-order valence-corrected chi connectivity index (χ1v) is 11.2. The van der Waals surface area contributed by atoms with Crippen molar-refractivity contribution in [2.75, 3.05) is 13.2 Å². The highest BCUT2D eigenvalue weighted by Crippen LogP contribution is 2.52. The second-order valence-corrected chi connectivity index (χ2v) is 8.86. The van der Waals surface area contributed by atoms with E-state index in [9.17, 15) is 0 Å². The summed E-state index contributed by atoms with van der Waals surface area (Å²) >= 11 is 6.04. The number of aromatic nitrogens is 1. The Kier molecular flexibility index (Phi) is 7.66. The van der Waals surface area contributed by atoms with E-state index in [1.165, 1.54) is 25.7 Å². The molecule has 29 heavy (non-hydrogen) atoms. The first kappa shape index (κ1) is 22.2. The molecular formula is C24H34ClN3O. The lowest BCUT2D eigenvalue weighted by Crippen LogP contribution is -2.45. The highest BCUT2D eigenvalue weighted by Gasteiger charge is 2.48. The molecule has 1 spiro atoms. The van der Waals surface area contributed by atoms with E-state index in [1.54, 1.807) is 0 Å². The minimum Gasteiger partial charge on any atom is -0.375 e. The molecule has 1 saturated heterocycles. The third-order valence-electron chi connectivity index (χ3n) is 6.43. The molecule has 1 aromatic rings. The van der Waals surface area contributed by atoms with Gasteiger partial charge in [0.05, 0.1) is 5.60 Å². The number of nitrogens with zero attached hydrogens (tertiary/aromatic N) is 2. The lowest BCUT2D eigenvalue weighted by atomic mass is 9.68. The van der Waals surface area contributed by atoms with Gasteiger partial charge in [-0.25, -0.2) is 4.98 Å². The van der Waals surface area contributed by atoms with E-state index >= 15 is 0 Å². The quantitative estimate of drug-likeness (QED) is 0.253. The van der Waals surface area contributed by atoms with Crippen LogP contribution in [0, 0.1) is 12.3 Å². The number of allylic oxidation sites excluding steroid dienone is 3. The number of pyridine rings is 1. The van der Waals surface area contributed by atoms with E-state index in [2.05, 4.69) is 29.0 Å². The smallest absolute Gasteiger partial charge is 0.131 e. The summed E-state index contributed by atoms with van der Waals surface area (Å²) < 4.78 is 6.34. The maximum atomic E-state index is 6.34. The molecule has 1 saturated carbocycles. The minimum atomic E-state index is 0.0322. The van der Waals surface area contributed by atoms with Crippen LogP contribution >= 0.6 is 11.6 Å². The van der Waals surface area contributed by atoms with E-state index in [0.29, 0.717) is 5.15 Å². The highest BCUT2D eigenvalue weighted by atomic mass is 35.5. The topological polar surface area (TPSA) is 46.5 Å². The lowest BCUT2D eigenvalue weighted by molar-refractivity contribution is -0.115. The predicted molar refractivity (Wildman–Crippen MR) is 122 cm³/mol. The first-order chi connectivity index (χ1) is 14.0. The van der Waals surface area contributed by atoms with Crippen molar-refractivity contribution in [3.63, 3.8) is 0 Å². The second kappa shape index (κ2) is 10.0. The monoisotopic (exact) mass is 415 g/mol. The van der Waals surface area contributed by atoms with Crippen molar-refractivity contribution < 1.29 is 4.74 Å². The molecule has 1 aliphatic carbocycles. The van der Waals surface area contributed by atoms with E-state index in [4.69, 9.17) is 21.3 Å². The summed E-state index contributed by atoms with van der Waals surface area (Å²) in [6.45, 7) is 10.4. The minimum absolute atomic E-state index is 0.0322. The van der Waals surface area contributed by atoms with Gasteiger partial charge in [-0.3, -0.25) is 4.99 Å². The van der Waals surface area contributed by atoms with Crippen molar-refractivity contribution in [1.29, 1.82) is 0 Å². The number of halogens is 1. The van der Waals surface area contributed by atoms with Crippen LogP contribution < -0.4 is 5.32 Å². The average molecular weight is 416 g/mol. The number of rotatable bonds is 8. The van der Waals surface area contributed by atoms with Crippen LogP contribution in [0.5, 0.6) is 0 Å². The summed E-state index contributed by atoms with van der Waals surface area (Å²) in [6.07, 6.45) is 15.7. The van der Waals surface area contributed by atoms with Crippen molar-refractivity contribution in [3.8, 4) is 0 Å². The van der Waals surface area contributed by atoms with Gasteiger partial charge in [0.15, 0.2) is 0 Å². The van der Waals surface area contributed by atoms with Gasteiger partial charge in [0.25, 0.3) is 0 Å². The third-order valence-corrected chi connectivity index (χ3v) is 6.83. The molecule has 1 aliphatic heterocycles. The van der Waals surface area contributed by atoms with Gasteiger partial charge < -0.3 is 10.1 Å². The fraction of sp³-hybridized carbons (Fsp3) is 0.583. The molecule has 1 N–H and O–H groups in total. The molecule has 0 amide bonds. The molecule has 0 radical (unpaired) electrons. The molecule has 0 unspecified atom stereocenters. The zero-order valence-electron chi connectivity index (χ0n) is 17.8. The largest absolute Gasteiger partial charge is 0.375 e. The summed E-state index contributed by atoms with van der Waals surface area (Å²) in [6, 6.07) is 2.10. The first-order valence-electron chi connectivity index (χ1n) is 10.8. The van der Waals surface area contributed by atoms with Crippen LogP contribution in [0.3, 0.4) is 0 Å². The average Bonchev–Trinajstić information content (AvgIpc) is 3.15. The van der Waals surface area contributed by atoms with Crippen LogP contribution in [-0.4, -0.2) is 30.0 Å². The summed E-state index contributed by atoms with van der Waals surface area (Å²) in [4.78, 5) is 9.03. The van der Waals surface area contributed by atoms with E-state index in [0.717, 1.165) is 55.8 Å². The Morgan fingerprint density at radius 3 is 2.86 bits per heavy atom. The molecule has 4 nitrogen and oxygen atoms in total. The Labute approximate surface area is 180 Å². The third kappa shape index (κ3) is 5.36. The lowest BCUT2D eigenvalue weighted by Gasteiger charge is -2.47. The van der Waals surface area contributed by atoms with Gasteiger partial charge in [-0.15, -0.1) is 0 Å². The maximum absolute atomic E-state index is 6.34. The van der Waals surface area contributed by atoms with E-state index in [1.807, 2.05) is 32.3 Å². The number of hydrogen-bond donors (Lipinski definition) is 1. The standard InChI is InChI=1S/C24H34ClN3O/c1-4-8-21(27-5-2)23(12-14-29-24(18-23)9-6-7-10-24)11-13-26-16-20-15-19(3)22(25)28-17-20/h4-5,8,15,17,26H,1,6-7,9-14,16,18H2,2-3H3/b21-8-,27-5-/t23-/m1/s1. The maximum Gasteiger partial charge on any atom is 0.131 e. The number of aliphatic imine (C=N–C) groups is 1. The van der Waals surface area contributed by atoms with Crippen molar-refractivity contribution in [2.45, 2.75) is 70.9 Å². The van der Waals surface area contributed by atoms with Gasteiger partial charge in [0.1, 0.15) is 5.15 Å². The number of hydrogen-bond acceptors (Lipinski definition) is 4. The van der Waals surface area contributed by atoms with Gasteiger partial charge in [-0.05, 0) is 69.7 Å². The molecule has 2 fully saturated rings. The highest BCUT2D eigenvalue weighted by molar-refractivity contribution is 6.30. The Balaban J connectivity index is 1.72. The molecule has 0 bridgehead atoms.